The van der Waals surface area contributed by atoms with Crippen LogP contribution in [0.4, 0.5) is 0 Å². The van der Waals surface area contributed by atoms with Crippen molar-refractivity contribution >= 4 is 39.7 Å². The van der Waals surface area contributed by atoms with E-state index in [9.17, 15) is 19.2 Å². The van der Waals surface area contributed by atoms with Crippen molar-refractivity contribution in [2.75, 3.05) is 6.54 Å². The molecule has 0 saturated carbocycles. The van der Waals surface area contributed by atoms with E-state index in [1.54, 1.807) is 37.3 Å². The minimum absolute atomic E-state index is 0.153. The average Bonchev–Trinajstić information content (AvgIpc) is 3.11. The maximum Gasteiger partial charge on any atom is 0.340 e. The molecule has 0 radical (unpaired) electrons. The smallest absolute Gasteiger partial charge is 0.340 e. The van der Waals surface area contributed by atoms with E-state index in [2.05, 4.69) is 10.6 Å². The number of hydrogen-bond donors (Lipinski definition) is 3. The Kier molecular flexibility index (Phi) is 6.91. The second kappa shape index (κ2) is 10.1. The Labute approximate surface area is 206 Å². The lowest BCUT2D eigenvalue weighted by Crippen LogP contribution is -2.49. The molecule has 9 nitrogen and oxygen atoms in total. The molecule has 2 heterocycles. The fraction of sp³-hybridized carbons (Fsp3) is 0.259. The molecule has 4 aromatic rings. The predicted octanol–water partition coefficient (Wildman–Crippen LogP) is 2.94. The number of benzene rings is 2. The Hall–Kier alpha value is -4.40. The van der Waals surface area contributed by atoms with E-state index in [1.165, 1.54) is 0 Å². The van der Waals surface area contributed by atoms with Gasteiger partial charge in [0.25, 0.3) is 0 Å². The molecule has 0 saturated heterocycles. The number of aryl methyl sites for hydroxylation is 3. The van der Waals surface area contributed by atoms with Crippen LogP contribution in [0.5, 0.6) is 0 Å². The topological polar surface area (TPSA) is 139 Å². The third-order valence-electron chi connectivity index (χ3n) is 6.27. The fourth-order valence-electron chi connectivity index (χ4n) is 4.18. The largest absolute Gasteiger partial charge is 0.480 e. The van der Waals surface area contributed by atoms with Gasteiger partial charge in [-0.25, -0.2) is 4.79 Å². The lowest BCUT2D eigenvalue weighted by atomic mass is 10.0. The van der Waals surface area contributed by atoms with Gasteiger partial charge in [0.1, 0.15) is 29.5 Å². The predicted molar refractivity (Wildman–Crippen MR) is 133 cm³/mol. The monoisotopic (exact) mass is 490 g/mol. The molecule has 0 unspecified atom stereocenters. The van der Waals surface area contributed by atoms with Crippen molar-refractivity contribution in [1.82, 2.24) is 10.6 Å². The average molecular weight is 491 g/mol. The Morgan fingerprint density at radius 3 is 2.31 bits per heavy atom. The van der Waals surface area contributed by atoms with E-state index in [0.29, 0.717) is 22.1 Å². The Morgan fingerprint density at radius 2 is 1.61 bits per heavy atom. The summed E-state index contributed by atoms with van der Waals surface area (Å²) in [5.41, 5.74) is 2.87. The van der Waals surface area contributed by atoms with E-state index < -0.39 is 36.0 Å². The van der Waals surface area contributed by atoms with Crippen LogP contribution >= 0.6 is 0 Å². The van der Waals surface area contributed by atoms with Gasteiger partial charge in [0, 0.05) is 23.3 Å². The minimum Gasteiger partial charge on any atom is -0.480 e. The van der Waals surface area contributed by atoms with Crippen LogP contribution in [0.1, 0.15) is 28.0 Å². The third kappa shape index (κ3) is 5.14. The normalized spacial score (nSPS) is 12.0. The summed E-state index contributed by atoms with van der Waals surface area (Å²) in [5, 5.41) is 15.4. The third-order valence-corrected chi connectivity index (χ3v) is 6.27. The van der Waals surface area contributed by atoms with Crippen LogP contribution in [0, 0.1) is 20.8 Å². The van der Waals surface area contributed by atoms with Gasteiger partial charge in [-0.3, -0.25) is 14.4 Å². The number of carbonyl (C=O) groups is 3. The molecule has 4 rings (SSSR count). The van der Waals surface area contributed by atoms with Crippen LogP contribution in [-0.4, -0.2) is 35.5 Å². The molecule has 3 N–H and O–H groups in total. The Morgan fingerprint density at radius 1 is 0.944 bits per heavy atom. The van der Waals surface area contributed by atoms with Crippen molar-refractivity contribution in [3.05, 3.63) is 80.9 Å². The number of amides is 2. The number of carbonyl (C=O) groups excluding carboxylic acids is 2. The maximum atomic E-state index is 13.0. The van der Waals surface area contributed by atoms with Crippen molar-refractivity contribution in [3.63, 3.8) is 0 Å². The first-order chi connectivity index (χ1) is 17.1. The standard InChI is InChI=1S/C27H26N2O7/c1-14-16(3)35-22-12-23-19(10-18(14)22)15(2)20(27(34)36-23)11-24(30)29-21(26(33)28-13-25(31)32)9-17-7-5-4-6-8-17/h4-8,10,12,21H,9,11,13H2,1-3H3,(H,28,33)(H,29,30)(H,31,32)/t21-/m1/s1. The van der Waals surface area contributed by atoms with Crippen LogP contribution in [0.25, 0.3) is 21.9 Å². The van der Waals surface area contributed by atoms with Crippen LogP contribution in [-0.2, 0) is 27.2 Å². The molecular weight excluding hydrogens is 464 g/mol. The summed E-state index contributed by atoms with van der Waals surface area (Å²) in [6, 6.07) is 11.5. The first kappa shape index (κ1) is 24.7. The van der Waals surface area contributed by atoms with Crippen LogP contribution in [0.3, 0.4) is 0 Å². The number of hydrogen-bond acceptors (Lipinski definition) is 6. The van der Waals surface area contributed by atoms with E-state index in [-0.39, 0.29) is 18.4 Å². The van der Waals surface area contributed by atoms with Crippen molar-refractivity contribution in [3.8, 4) is 0 Å². The Balaban J connectivity index is 1.61. The number of nitrogens with one attached hydrogen (secondary N) is 2. The van der Waals surface area contributed by atoms with Gasteiger partial charge in [0.2, 0.25) is 11.8 Å². The molecule has 9 heteroatoms. The number of fused-ring (bicyclic) bond motifs is 2. The molecule has 186 valence electrons. The summed E-state index contributed by atoms with van der Waals surface area (Å²) >= 11 is 0. The summed E-state index contributed by atoms with van der Waals surface area (Å²) in [5.74, 6) is -1.63. The van der Waals surface area contributed by atoms with Crippen molar-refractivity contribution in [2.45, 2.75) is 39.7 Å². The molecule has 0 bridgehead atoms. The van der Waals surface area contributed by atoms with Crippen LogP contribution in [0.2, 0.25) is 0 Å². The minimum atomic E-state index is -1.20. The fourth-order valence-corrected chi connectivity index (χ4v) is 4.18. The number of rotatable bonds is 8. The molecule has 2 aromatic heterocycles. The number of carboxylic acid groups (broad SMARTS) is 1. The highest BCUT2D eigenvalue weighted by Gasteiger charge is 2.24. The first-order valence-electron chi connectivity index (χ1n) is 11.4. The van der Waals surface area contributed by atoms with Gasteiger partial charge in [0.15, 0.2) is 0 Å². The van der Waals surface area contributed by atoms with Crippen LogP contribution in [0.15, 0.2) is 56.1 Å². The molecule has 36 heavy (non-hydrogen) atoms. The second-order valence-electron chi connectivity index (χ2n) is 8.72. The molecule has 0 aliphatic carbocycles. The van der Waals surface area contributed by atoms with Gasteiger partial charge in [0.05, 0.1) is 12.0 Å². The van der Waals surface area contributed by atoms with Gasteiger partial charge < -0.3 is 24.6 Å². The number of aliphatic carboxylic acids is 1. The first-order valence-corrected chi connectivity index (χ1v) is 11.4. The van der Waals surface area contributed by atoms with Gasteiger partial charge >= 0.3 is 11.6 Å². The van der Waals surface area contributed by atoms with E-state index in [1.807, 2.05) is 26.0 Å². The summed E-state index contributed by atoms with van der Waals surface area (Å²) in [6.07, 6.45) is -0.149. The lowest BCUT2D eigenvalue weighted by molar-refractivity contribution is -0.138. The number of furan rings is 1. The highest BCUT2D eigenvalue weighted by atomic mass is 16.4. The van der Waals surface area contributed by atoms with E-state index >= 15 is 0 Å². The van der Waals surface area contributed by atoms with E-state index in [4.69, 9.17) is 13.9 Å². The SMILES string of the molecule is Cc1oc2cc3oc(=O)c(CC(=O)N[C@H](Cc4ccccc4)C(=O)NCC(=O)O)c(C)c3cc2c1C. The molecule has 0 aliphatic heterocycles. The molecular formula is C27H26N2O7. The summed E-state index contributed by atoms with van der Waals surface area (Å²) in [4.78, 5) is 49.2. The zero-order valence-electron chi connectivity index (χ0n) is 20.1. The molecule has 0 fully saturated rings. The highest BCUT2D eigenvalue weighted by molar-refractivity contribution is 5.97. The second-order valence-corrected chi connectivity index (χ2v) is 8.72. The van der Waals surface area contributed by atoms with Crippen molar-refractivity contribution in [1.29, 1.82) is 0 Å². The van der Waals surface area contributed by atoms with Crippen LogP contribution < -0.4 is 16.3 Å². The summed E-state index contributed by atoms with van der Waals surface area (Å²) in [7, 11) is 0. The molecule has 1 atom stereocenters. The molecule has 0 spiro atoms. The molecule has 0 aliphatic rings. The number of carboxylic acids is 1. The lowest BCUT2D eigenvalue weighted by Gasteiger charge is -2.18. The quantitative estimate of drug-likeness (QED) is 0.323. The van der Waals surface area contributed by atoms with E-state index in [0.717, 1.165) is 22.3 Å². The zero-order chi connectivity index (χ0) is 26.0. The highest BCUT2D eigenvalue weighted by Crippen LogP contribution is 2.31. The maximum absolute atomic E-state index is 13.0. The summed E-state index contributed by atoms with van der Waals surface area (Å²) in [6.45, 7) is 4.97. The van der Waals surface area contributed by atoms with Gasteiger partial charge in [-0.2, -0.15) is 0 Å². The summed E-state index contributed by atoms with van der Waals surface area (Å²) < 4.78 is 11.2. The van der Waals surface area contributed by atoms with Gasteiger partial charge in [-0.05, 0) is 43.5 Å². The Bertz CT molecular complexity index is 1530. The molecule has 2 amide bonds. The zero-order valence-corrected chi connectivity index (χ0v) is 20.1. The van der Waals surface area contributed by atoms with Crippen molar-refractivity contribution < 1.29 is 28.3 Å². The van der Waals surface area contributed by atoms with Gasteiger partial charge in [-0.1, -0.05) is 30.3 Å². The van der Waals surface area contributed by atoms with Crippen molar-refractivity contribution in [2.24, 2.45) is 0 Å². The van der Waals surface area contributed by atoms with Gasteiger partial charge in [-0.15, -0.1) is 0 Å². The molecule has 2 aromatic carbocycles.